The first-order valence-corrected chi connectivity index (χ1v) is 14.0. The number of fused-ring (bicyclic) bond motifs is 1. The standard InChI is InChI=1S/C31H28F4N6O5/c1-2-28(42)40-26-16-22-25(17-27(26)45-14-11-41-9-12-44-13-10-41)36-18-37-29(22)46-21-6-3-19(4-7-21)38-30(43)39-20-5-8-24(32)23(15-20)31(33,34)35/h2-8,15-18H,1,9-14H2,(H,40,42)(H2,38,39,43). The summed E-state index contributed by atoms with van der Waals surface area (Å²) >= 11 is 0. The molecular formula is C31H28F4N6O5. The Kier molecular flexibility index (Phi) is 9.93. The van der Waals surface area contributed by atoms with Gasteiger partial charge < -0.3 is 30.2 Å². The van der Waals surface area contributed by atoms with Gasteiger partial charge in [-0.2, -0.15) is 13.2 Å². The third-order valence-corrected chi connectivity index (χ3v) is 6.77. The molecule has 0 saturated carbocycles. The predicted octanol–water partition coefficient (Wildman–Crippen LogP) is 6.06. The molecule has 240 valence electrons. The molecule has 3 aromatic carbocycles. The van der Waals surface area contributed by atoms with E-state index in [4.69, 9.17) is 14.2 Å². The van der Waals surface area contributed by atoms with Crippen molar-refractivity contribution in [3.63, 3.8) is 0 Å². The molecule has 3 amide bonds. The first kappa shape index (κ1) is 32.1. The average molecular weight is 641 g/mol. The van der Waals surface area contributed by atoms with E-state index in [9.17, 15) is 27.2 Å². The van der Waals surface area contributed by atoms with Gasteiger partial charge in [-0.15, -0.1) is 0 Å². The molecule has 46 heavy (non-hydrogen) atoms. The minimum atomic E-state index is -4.91. The number of rotatable bonds is 10. The summed E-state index contributed by atoms with van der Waals surface area (Å²) in [7, 11) is 0. The van der Waals surface area contributed by atoms with E-state index < -0.39 is 29.5 Å². The zero-order valence-electron chi connectivity index (χ0n) is 24.2. The van der Waals surface area contributed by atoms with Crippen LogP contribution in [0.2, 0.25) is 0 Å². The molecule has 0 radical (unpaired) electrons. The zero-order valence-corrected chi connectivity index (χ0v) is 24.2. The number of carbonyl (C=O) groups excluding carboxylic acids is 2. The molecular weight excluding hydrogens is 612 g/mol. The number of nitrogens with one attached hydrogen (secondary N) is 3. The number of morpholine rings is 1. The third-order valence-electron chi connectivity index (χ3n) is 6.77. The Labute approximate surface area is 260 Å². The normalized spacial score (nSPS) is 13.6. The summed E-state index contributed by atoms with van der Waals surface area (Å²) < 4.78 is 69.9. The summed E-state index contributed by atoms with van der Waals surface area (Å²) in [6.07, 6.45) is -2.46. The maximum Gasteiger partial charge on any atom is 0.419 e. The Morgan fingerprint density at radius 3 is 2.41 bits per heavy atom. The maximum atomic E-state index is 13.5. The number of carbonyl (C=O) groups is 2. The number of anilines is 3. The minimum Gasteiger partial charge on any atom is -0.490 e. The van der Waals surface area contributed by atoms with Gasteiger partial charge in [0.15, 0.2) is 0 Å². The van der Waals surface area contributed by atoms with Gasteiger partial charge in [-0.05, 0) is 54.6 Å². The molecule has 4 aromatic rings. The van der Waals surface area contributed by atoms with Crippen LogP contribution in [0.5, 0.6) is 17.4 Å². The van der Waals surface area contributed by atoms with Gasteiger partial charge in [0.2, 0.25) is 11.8 Å². The SMILES string of the molecule is C=CC(=O)Nc1cc2c(Oc3ccc(NC(=O)Nc4ccc(F)c(C(F)(F)F)c4)cc3)ncnc2cc1OCCN1CCOCC1. The highest BCUT2D eigenvalue weighted by Crippen LogP contribution is 2.36. The number of urea groups is 1. The van der Waals surface area contributed by atoms with Gasteiger partial charge in [0, 0.05) is 37.1 Å². The number of nitrogens with zero attached hydrogens (tertiary/aromatic N) is 3. The van der Waals surface area contributed by atoms with Gasteiger partial charge >= 0.3 is 12.2 Å². The fourth-order valence-corrected chi connectivity index (χ4v) is 4.48. The van der Waals surface area contributed by atoms with Crippen molar-refractivity contribution in [2.45, 2.75) is 6.18 Å². The molecule has 1 saturated heterocycles. The number of benzene rings is 3. The van der Waals surface area contributed by atoms with E-state index in [1.807, 2.05) is 0 Å². The highest BCUT2D eigenvalue weighted by molar-refractivity contribution is 6.02. The van der Waals surface area contributed by atoms with Crippen molar-refractivity contribution in [1.82, 2.24) is 14.9 Å². The molecule has 3 N–H and O–H groups in total. The summed E-state index contributed by atoms with van der Waals surface area (Å²) in [6.45, 7) is 7.48. The first-order chi connectivity index (χ1) is 22.1. The molecule has 0 unspecified atom stereocenters. The predicted molar refractivity (Wildman–Crippen MR) is 162 cm³/mol. The molecule has 11 nitrogen and oxygen atoms in total. The second-order valence-corrected chi connectivity index (χ2v) is 9.94. The van der Waals surface area contributed by atoms with Gasteiger partial charge in [0.25, 0.3) is 0 Å². The van der Waals surface area contributed by atoms with E-state index in [2.05, 4.69) is 37.4 Å². The van der Waals surface area contributed by atoms with E-state index in [0.717, 1.165) is 25.2 Å². The van der Waals surface area contributed by atoms with Crippen molar-refractivity contribution in [3.8, 4) is 17.4 Å². The van der Waals surface area contributed by atoms with Crippen molar-refractivity contribution in [2.75, 3.05) is 55.4 Å². The molecule has 0 bridgehead atoms. The molecule has 1 aliphatic heterocycles. The van der Waals surface area contributed by atoms with Crippen molar-refractivity contribution in [1.29, 1.82) is 0 Å². The molecule has 1 aliphatic rings. The molecule has 15 heteroatoms. The number of ether oxygens (including phenoxy) is 3. The Balaban J connectivity index is 1.27. The molecule has 1 aromatic heterocycles. The first-order valence-electron chi connectivity index (χ1n) is 14.0. The van der Waals surface area contributed by atoms with Gasteiger partial charge in [-0.3, -0.25) is 9.69 Å². The number of hydrogen-bond donors (Lipinski definition) is 3. The van der Waals surface area contributed by atoms with Gasteiger partial charge in [-0.1, -0.05) is 6.58 Å². The summed E-state index contributed by atoms with van der Waals surface area (Å²) in [5, 5.41) is 7.94. The number of aromatic nitrogens is 2. The van der Waals surface area contributed by atoms with Crippen molar-refractivity contribution >= 4 is 39.9 Å². The van der Waals surface area contributed by atoms with E-state index >= 15 is 0 Å². The highest BCUT2D eigenvalue weighted by atomic mass is 19.4. The van der Waals surface area contributed by atoms with E-state index in [-0.39, 0.29) is 11.6 Å². The third kappa shape index (κ3) is 8.25. The monoisotopic (exact) mass is 640 g/mol. The van der Waals surface area contributed by atoms with Gasteiger partial charge in [-0.25, -0.2) is 19.2 Å². The second-order valence-electron chi connectivity index (χ2n) is 9.94. The van der Waals surface area contributed by atoms with E-state index in [0.29, 0.717) is 72.3 Å². The number of amides is 3. The quantitative estimate of drug-likeness (QED) is 0.141. The summed E-state index contributed by atoms with van der Waals surface area (Å²) in [5.41, 5.74) is -0.577. The van der Waals surface area contributed by atoms with Crippen LogP contribution >= 0.6 is 0 Å². The summed E-state index contributed by atoms with van der Waals surface area (Å²) in [4.78, 5) is 35.3. The summed E-state index contributed by atoms with van der Waals surface area (Å²) in [5.74, 6) is -0.971. The zero-order chi connectivity index (χ0) is 32.7. The van der Waals surface area contributed by atoms with Crippen molar-refractivity contribution in [2.24, 2.45) is 0 Å². The Morgan fingerprint density at radius 2 is 1.70 bits per heavy atom. The minimum absolute atomic E-state index is 0.175. The highest BCUT2D eigenvalue weighted by Gasteiger charge is 2.34. The largest absolute Gasteiger partial charge is 0.490 e. The van der Waals surface area contributed by atoms with Gasteiger partial charge in [0.1, 0.15) is 30.3 Å². The lowest BCUT2D eigenvalue weighted by Gasteiger charge is -2.26. The van der Waals surface area contributed by atoms with Crippen LogP contribution in [0, 0.1) is 5.82 Å². The van der Waals surface area contributed by atoms with Crippen molar-refractivity contribution < 1.29 is 41.4 Å². The Hall–Kier alpha value is -5.28. The molecule has 5 rings (SSSR count). The van der Waals surface area contributed by atoms with E-state index in [1.54, 1.807) is 12.1 Å². The van der Waals surface area contributed by atoms with Gasteiger partial charge in [0.05, 0.1) is 35.4 Å². The van der Waals surface area contributed by atoms with Crippen LogP contribution in [0.4, 0.5) is 39.4 Å². The molecule has 0 spiro atoms. The van der Waals surface area contributed by atoms with Crippen LogP contribution in [0.15, 0.2) is 73.6 Å². The lowest BCUT2D eigenvalue weighted by atomic mass is 10.2. The molecule has 2 heterocycles. The van der Waals surface area contributed by atoms with Crippen LogP contribution in [0.3, 0.4) is 0 Å². The second kappa shape index (κ2) is 14.2. The van der Waals surface area contributed by atoms with Crippen LogP contribution in [0.25, 0.3) is 10.9 Å². The topological polar surface area (TPSA) is 127 Å². The summed E-state index contributed by atoms with van der Waals surface area (Å²) in [6, 6.07) is 10.7. The fraction of sp³-hybridized carbons (Fsp3) is 0.226. The Morgan fingerprint density at radius 1 is 0.978 bits per heavy atom. The van der Waals surface area contributed by atoms with Crippen molar-refractivity contribution in [3.05, 3.63) is 85.0 Å². The fourth-order valence-electron chi connectivity index (χ4n) is 4.48. The number of halogens is 4. The molecule has 0 aliphatic carbocycles. The number of hydrogen-bond acceptors (Lipinski definition) is 8. The average Bonchev–Trinajstić information content (AvgIpc) is 3.03. The van der Waals surface area contributed by atoms with E-state index in [1.165, 1.54) is 30.6 Å². The lowest BCUT2D eigenvalue weighted by molar-refractivity contribution is -0.139. The maximum absolute atomic E-state index is 13.5. The molecule has 1 fully saturated rings. The number of alkyl halides is 3. The lowest BCUT2D eigenvalue weighted by Crippen LogP contribution is -2.38. The molecule has 0 atom stereocenters. The van der Waals surface area contributed by atoms with Crippen LogP contribution in [0.1, 0.15) is 5.56 Å². The van der Waals surface area contributed by atoms with Crippen LogP contribution in [-0.2, 0) is 15.7 Å². The Bertz CT molecular complexity index is 1730. The van der Waals surface area contributed by atoms with Crippen LogP contribution < -0.4 is 25.4 Å². The smallest absolute Gasteiger partial charge is 0.419 e. The van der Waals surface area contributed by atoms with Crippen LogP contribution in [-0.4, -0.2) is 66.3 Å².